The Bertz CT molecular complexity index is 1010. The van der Waals surface area contributed by atoms with E-state index in [1.165, 1.54) is 9.08 Å². The van der Waals surface area contributed by atoms with Crippen LogP contribution < -0.4 is 11.0 Å². The van der Waals surface area contributed by atoms with Gasteiger partial charge in [0, 0.05) is 16.8 Å². The van der Waals surface area contributed by atoms with Crippen molar-refractivity contribution in [2.75, 3.05) is 0 Å². The molecule has 25 heavy (non-hydrogen) atoms. The molecular weight excluding hydrogens is 318 g/mol. The van der Waals surface area contributed by atoms with E-state index in [1.807, 2.05) is 58.9 Å². The van der Waals surface area contributed by atoms with Gasteiger partial charge in [-0.25, -0.2) is 18.9 Å². The van der Waals surface area contributed by atoms with E-state index in [9.17, 15) is 9.59 Å². The molecule has 132 valence electrons. The van der Waals surface area contributed by atoms with Gasteiger partial charge >= 0.3 is 5.69 Å². The first-order chi connectivity index (χ1) is 11.7. The minimum atomic E-state index is -0.364. The molecule has 0 spiro atoms. The van der Waals surface area contributed by atoms with E-state index in [0.717, 1.165) is 10.9 Å². The molecule has 0 fully saturated rings. The Labute approximate surface area is 145 Å². The summed E-state index contributed by atoms with van der Waals surface area (Å²) in [4.78, 5) is 29.7. The molecule has 0 bridgehead atoms. The van der Waals surface area contributed by atoms with Gasteiger partial charge in [0.15, 0.2) is 5.65 Å². The number of aromatic nitrogens is 4. The van der Waals surface area contributed by atoms with Crippen LogP contribution >= 0.6 is 0 Å². The van der Waals surface area contributed by atoms with Gasteiger partial charge in [0.25, 0.3) is 0 Å². The average molecular weight is 341 g/mol. The third-order valence-electron chi connectivity index (χ3n) is 3.77. The quantitative estimate of drug-likeness (QED) is 0.791. The van der Waals surface area contributed by atoms with Crippen LogP contribution in [0, 0.1) is 0 Å². The molecule has 0 atom stereocenters. The molecule has 0 unspecified atom stereocenters. The molecule has 2 heterocycles. The summed E-state index contributed by atoms with van der Waals surface area (Å²) in [6, 6.07) is 7.57. The van der Waals surface area contributed by atoms with Crippen LogP contribution in [0.25, 0.3) is 16.6 Å². The van der Waals surface area contributed by atoms with E-state index in [4.69, 9.17) is 0 Å². The van der Waals surface area contributed by atoms with Crippen molar-refractivity contribution in [2.45, 2.75) is 52.6 Å². The lowest BCUT2D eigenvalue weighted by Crippen LogP contribution is -2.43. The van der Waals surface area contributed by atoms with Crippen LogP contribution in [0.1, 0.15) is 46.4 Å². The van der Waals surface area contributed by atoms with Crippen molar-refractivity contribution in [1.82, 2.24) is 24.5 Å². The minimum absolute atomic E-state index is 0.0471. The van der Waals surface area contributed by atoms with E-state index in [0.29, 0.717) is 11.5 Å². The van der Waals surface area contributed by atoms with Crippen molar-refractivity contribution in [3.05, 3.63) is 40.6 Å². The zero-order valence-corrected chi connectivity index (χ0v) is 15.2. The second kappa shape index (κ2) is 5.98. The normalized spacial score (nSPS) is 12.2. The van der Waals surface area contributed by atoms with Gasteiger partial charge in [-0.05, 0) is 32.9 Å². The molecule has 1 aromatic carbocycles. The fourth-order valence-corrected chi connectivity index (χ4v) is 2.81. The summed E-state index contributed by atoms with van der Waals surface area (Å²) in [7, 11) is 0. The fourth-order valence-electron chi connectivity index (χ4n) is 2.81. The van der Waals surface area contributed by atoms with Crippen molar-refractivity contribution >= 4 is 22.5 Å². The van der Waals surface area contributed by atoms with E-state index in [2.05, 4.69) is 15.4 Å². The molecule has 0 aliphatic heterocycles. The lowest BCUT2D eigenvalue weighted by atomic mass is 10.1. The number of hydrogen-bond donors (Lipinski definition) is 1. The van der Waals surface area contributed by atoms with Gasteiger partial charge in [-0.15, -0.1) is 5.10 Å². The highest BCUT2D eigenvalue weighted by atomic mass is 16.2. The zero-order chi connectivity index (χ0) is 18.4. The standard InChI is InChI=1S/C18H23N5O2/c1-11(2)15-19-13-9-7-6-8-12(13)16-21-22(17(25)23(15)16)10-14(24)20-18(3,4)5/h6-9,11H,10H2,1-5H3,(H,20,24). The maximum Gasteiger partial charge on any atom is 0.352 e. The Morgan fingerprint density at radius 1 is 1.24 bits per heavy atom. The molecule has 1 amide bonds. The molecular formula is C18H23N5O2. The van der Waals surface area contributed by atoms with Crippen LogP contribution in [0.4, 0.5) is 0 Å². The molecule has 3 rings (SSSR count). The highest BCUT2D eigenvalue weighted by Gasteiger charge is 2.20. The van der Waals surface area contributed by atoms with Crippen LogP contribution in [0.3, 0.4) is 0 Å². The first-order valence-corrected chi connectivity index (χ1v) is 8.36. The van der Waals surface area contributed by atoms with E-state index in [-0.39, 0.29) is 29.6 Å². The lowest BCUT2D eigenvalue weighted by Gasteiger charge is -2.20. The number of nitrogens with zero attached hydrogens (tertiary/aromatic N) is 4. The van der Waals surface area contributed by atoms with Crippen LogP contribution in [0.5, 0.6) is 0 Å². The van der Waals surface area contributed by atoms with Crippen molar-refractivity contribution in [3.63, 3.8) is 0 Å². The van der Waals surface area contributed by atoms with Crippen LogP contribution in [0.15, 0.2) is 29.1 Å². The summed E-state index contributed by atoms with van der Waals surface area (Å²) in [5, 5.41) is 8.06. The summed E-state index contributed by atoms with van der Waals surface area (Å²) >= 11 is 0. The minimum Gasteiger partial charge on any atom is -0.350 e. The Hall–Kier alpha value is -2.70. The lowest BCUT2D eigenvalue weighted by molar-refractivity contribution is -0.123. The predicted molar refractivity (Wildman–Crippen MR) is 96.7 cm³/mol. The van der Waals surface area contributed by atoms with Crippen molar-refractivity contribution in [1.29, 1.82) is 0 Å². The number of carbonyl (C=O) groups excluding carboxylic acids is 1. The summed E-state index contributed by atoms with van der Waals surface area (Å²) in [5.74, 6) is 0.438. The second-order valence-corrected chi connectivity index (χ2v) is 7.54. The van der Waals surface area contributed by atoms with Gasteiger partial charge in [-0.1, -0.05) is 26.0 Å². The van der Waals surface area contributed by atoms with Crippen molar-refractivity contribution in [3.8, 4) is 0 Å². The number of para-hydroxylation sites is 1. The molecule has 0 aliphatic rings. The van der Waals surface area contributed by atoms with E-state index >= 15 is 0 Å². The predicted octanol–water partition coefficient (Wildman–Crippen LogP) is 2.08. The molecule has 0 saturated carbocycles. The molecule has 0 saturated heterocycles. The highest BCUT2D eigenvalue weighted by molar-refractivity contribution is 5.91. The Morgan fingerprint density at radius 2 is 1.92 bits per heavy atom. The first-order valence-electron chi connectivity index (χ1n) is 8.36. The van der Waals surface area contributed by atoms with Crippen molar-refractivity contribution in [2.24, 2.45) is 0 Å². The molecule has 0 aliphatic carbocycles. The zero-order valence-electron chi connectivity index (χ0n) is 15.2. The van der Waals surface area contributed by atoms with Gasteiger partial charge in [-0.3, -0.25) is 4.79 Å². The molecule has 7 heteroatoms. The number of benzene rings is 1. The largest absolute Gasteiger partial charge is 0.352 e. The van der Waals surface area contributed by atoms with Gasteiger partial charge < -0.3 is 5.32 Å². The van der Waals surface area contributed by atoms with Crippen LogP contribution in [-0.2, 0) is 11.3 Å². The van der Waals surface area contributed by atoms with E-state index in [1.54, 1.807) is 0 Å². The van der Waals surface area contributed by atoms with Gasteiger partial charge in [-0.2, -0.15) is 0 Å². The summed E-state index contributed by atoms with van der Waals surface area (Å²) in [6.07, 6.45) is 0. The number of hydrogen-bond acceptors (Lipinski definition) is 4. The van der Waals surface area contributed by atoms with Crippen LogP contribution in [0.2, 0.25) is 0 Å². The summed E-state index contributed by atoms with van der Waals surface area (Å²) < 4.78 is 2.72. The molecule has 2 aromatic heterocycles. The third-order valence-corrected chi connectivity index (χ3v) is 3.77. The first kappa shape index (κ1) is 17.1. The van der Waals surface area contributed by atoms with Crippen molar-refractivity contribution < 1.29 is 4.79 Å². The van der Waals surface area contributed by atoms with Gasteiger partial charge in [0.2, 0.25) is 5.91 Å². The molecule has 0 radical (unpaired) electrons. The number of fused-ring (bicyclic) bond motifs is 3. The fraction of sp³-hybridized carbons (Fsp3) is 0.444. The Morgan fingerprint density at radius 3 is 2.56 bits per heavy atom. The SMILES string of the molecule is CC(C)c1nc2ccccc2c2nn(CC(=O)NC(C)(C)C)c(=O)n12. The summed E-state index contributed by atoms with van der Waals surface area (Å²) in [6.45, 7) is 9.52. The van der Waals surface area contributed by atoms with E-state index < -0.39 is 0 Å². The Balaban J connectivity index is 2.18. The molecule has 3 aromatic rings. The topological polar surface area (TPSA) is 81.3 Å². The highest BCUT2D eigenvalue weighted by Crippen LogP contribution is 2.20. The van der Waals surface area contributed by atoms with Crippen LogP contribution in [-0.4, -0.2) is 30.6 Å². The molecule has 7 nitrogen and oxygen atoms in total. The summed E-state index contributed by atoms with van der Waals surface area (Å²) in [5.41, 5.74) is 0.607. The number of nitrogens with one attached hydrogen (secondary N) is 1. The number of amides is 1. The maximum absolute atomic E-state index is 12.8. The Kier molecular flexibility index (Phi) is 4.10. The number of rotatable bonds is 3. The van der Waals surface area contributed by atoms with Gasteiger partial charge in [0.05, 0.1) is 5.52 Å². The maximum atomic E-state index is 12.8. The monoisotopic (exact) mass is 341 g/mol. The van der Waals surface area contributed by atoms with Gasteiger partial charge in [0.1, 0.15) is 12.4 Å². The smallest absolute Gasteiger partial charge is 0.350 e. The third kappa shape index (κ3) is 3.26. The average Bonchev–Trinajstić information content (AvgIpc) is 2.82. The molecule has 1 N–H and O–H groups in total. The second-order valence-electron chi connectivity index (χ2n) is 7.54. The number of carbonyl (C=O) groups is 1.